The van der Waals surface area contributed by atoms with Gasteiger partial charge in [0.05, 0.1) is 5.02 Å². The molecule has 0 saturated heterocycles. The fraction of sp³-hybridized carbons (Fsp3) is 0. The van der Waals surface area contributed by atoms with E-state index in [1.165, 1.54) is 6.07 Å². The second-order valence-electron chi connectivity index (χ2n) is 3.02. The molecule has 0 N–H and O–H groups in total. The van der Waals surface area contributed by atoms with Crippen LogP contribution in [-0.2, 0) is 0 Å². The molecule has 3 heteroatoms. The Hall–Kier alpha value is -1.05. The quantitative estimate of drug-likeness (QED) is 0.683. The molecular formula is C12H6Cl2F. The van der Waals surface area contributed by atoms with Gasteiger partial charge in [-0.15, -0.1) is 0 Å². The van der Waals surface area contributed by atoms with Crippen molar-refractivity contribution in [3.63, 3.8) is 0 Å². The van der Waals surface area contributed by atoms with E-state index in [0.29, 0.717) is 21.2 Å². The van der Waals surface area contributed by atoms with Crippen LogP contribution in [0.15, 0.2) is 36.4 Å². The van der Waals surface area contributed by atoms with Crippen molar-refractivity contribution in [3.05, 3.63) is 58.3 Å². The molecule has 2 rings (SSSR count). The molecule has 0 spiro atoms. The summed E-state index contributed by atoms with van der Waals surface area (Å²) in [6, 6.07) is 12.5. The summed E-state index contributed by atoms with van der Waals surface area (Å²) >= 11 is 11.6. The predicted octanol–water partition coefficient (Wildman–Crippen LogP) is 4.60. The topological polar surface area (TPSA) is 0 Å². The van der Waals surface area contributed by atoms with E-state index in [-0.39, 0.29) is 5.82 Å². The predicted molar refractivity (Wildman–Crippen MR) is 60.7 cm³/mol. The van der Waals surface area contributed by atoms with Gasteiger partial charge in [-0.3, -0.25) is 0 Å². The number of rotatable bonds is 1. The molecule has 0 aromatic heterocycles. The van der Waals surface area contributed by atoms with E-state index in [9.17, 15) is 4.39 Å². The van der Waals surface area contributed by atoms with Crippen LogP contribution < -0.4 is 0 Å². The monoisotopic (exact) mass is 239 g/mol. The summed E-state index contributed by atoms with van der Waals surface area (Å²) in [5.41, 5.74) is 1.05. The third-order valence-corrected chi connectivity index (χ3v) is 2.57. The Kier molecular flexibility index (Phi) is 2.94. The molecule has 2 aromatic rings. The largest absolute Gasteiger partial charge is 0.206 e. The average Bonchev–Trinajstić information content (AvgIpc) is 2.20. The van der Waals surface area contributed by atoms with Crippen LogP contribution in [0.3, 0.4) is 0 Å². The molecule has 0 nitrogen and oxygen atoms in total. The van der Waals surface area contributed by atoms with Gasteiger partial charge in [0.15, 0.2) is 0 Å². The van der Waals surface area contributed by atoms with Crippen molar-refractivity contribution in [1.29, 1.82) is 0 Å². The fourth-order valence-corrected chi connectivity index (χ4v) is 1.72. The Morgan fingerprint density at radius 1 is 1.07 bits per heavy atom. The third kappa shape index (κ3) is 2.14. The van der Waals surface area contributed by atoms with Gasteiger partial charge in [-0.2, -0.15) is 0 Å². The lowest BCUT2D eigenvalue weighted by Crippen LogP contribution is -1.85. The van der Waals surface area contributed by atoms with E-state index in [1.807, 2.05) is 0 Å². The first-order chi connectivity index (χ1) is 7.18. The summed E-state index contributed by atoms with van der Waals surface area (Å²) in [6.07, 6.45) is 0. The Morgan fingerprint density at radius 2 is 1.87 bits per heavy atom. The highest BCUT2D eigenvalue weighted by Crippen LogP contribution is 2.30. The number of benzene rings is 2. The van der Waals surface area contributed by atoms with Crippen molar-refractivity contribution in [3.8, 4) is 11.1 Å². The maximum Gasteiger partial charge on any atom is 0.132 e. The first-order valence-electron chi connectivity index (χ1n) is 4.30. The zero-order chi connectivity index (χ0) is 10.8. The van der Waals surface area contributed by atoms with Gasteiger partial charge in [-0.25, -0.2) is 4.39 Å². The van der Waals surface area contributed by atoms with E-state index in [1.54, 1.807) is 30.3 Å². The van der Waals surface area contributed by atoms with Crippen molar-refractivity contribution in [2.45, 2.75) is 0 Å². The molecule has 2 aromatic carbocycles. The van der Waals surface area contributed by atoms with E-state index < -0.39 is 0 Å². The lowest BCUT2D eigenvalue weighted by Gasteiger charge is -2.05. The van der Waals surface area contributed by atoms with Gasteiger partial charge in [0, 0.05) is 22.2 Å². The molecule has 0 unspecified atom stereocenters. The Labute approximate surface area is 97.3 Å². The maximum absolute atomic E-state index is 13.6. The van der Waals surface area contributed by atoms with Gasteiger partial charge in [0.1, 0.15) is 5.82 Å². The van der Waals surface area contributed by atoms with E-state index in [4.69, 9.17) is 23.2 Å². The molecule has 0 aliphatic carbocycles. The van der Waals surface area contributed by atoms with Crippen LogP contribution in [0.25, 0.3) is 11.1 Å². The summed E-state index contributed by atoms with van der Waals surface area (Å²) < 4.78 is 13.6. The number of hydrogen-bond donors (Lipinski definition) is 0. The summed E-state index contributed by atoms with van der Waals surface area (Å²) in [7, 11) is 0. The van der Waals surface area contributed by atoms with Gasteiger partial charge < -0.3 is 0 Å². The van der Waals surface area contributed by atoms with Crippen LogP contribution in [0.4, 0.5) is 4.39 Å². The van der Waals surface area contributed by atoms with Gasteiger partial charge in [-0.1, -0.05) is 41.4 Å². The molecule has 0 fully saturated rings. The standard InChI is InChI=1S/C12H6Cl2F/c13-8-5-6-10(12(15)7-8)9-3-1-2-4-11(9)14/h1-3,5-7H. The minimum Gasteiger partial charge on any atom is -0.206 e. The smallest absolute Gasteiger partial charge is 0.132 e. The lowest BCUT2D eigenvalue weighted by molar-refractivity contribution is 0.631. The summed E-state index contributed by atoms with van der Waals surface area (Å²) in [5.74, 6) is -0.385. The third-order valence-electron chi connectivity index (χ3n) is 2.03. The van der Waals surface area contributed by atoms with Crippen LogP contribution in [0.5, 0.6) is 0 Å². The Balaban J connectivity index is 2.60. The average molecular weight is 240 g/mol. The Morgan fingerprint density at radius 3 is 2.53 bits per heavy atom. The first-order valence-corrected chi connectivity index (χ1v) is 5.05. The number of hydrogen-bond acceptors (Lipinski definition) is 0. The minimum absolute atomic E-state index is 0.368. The molecule has 0 aliphatic heterocycles. The molecule has 0 bridgehead atoms. The summed E-state index contributed by atoms with van der Waals surface area (Å²) in [4.78, 5) is 0. The molecule has 15 heavy (non-hydrogen) atoms. The van der Waals surface area contributed by atoms with Gasteiger partial charge in [-0.05, 0) is 18.2 Å². The second-order valence-corrected chi connectivity index (χ2v) is 3.84. The van der Waals surface area contributed by atoms with E-state index >= 15 is 0 Å². The molecule has 0 atom stereocenters. The van der Waals surface area contributed by atoms with Crippen molar-refractivity contribution in [1.82, 2.24) is 0 Å². The van der Waals surface area contributed by atoms with E-state index in [2.05, 4.69) is 6.07 Å². The maximum atomic E-state index is 13.6. The molecular weight excluding hydrogens is 234 g/mol. The Bertz CT molecular complexity index is 495. The highest BCUT2D eigenvalue weighted by Gasteiger charge is 2.08. The first kappa shape index (κ1) is 10.5. The molecule has 75 valence electrons. The highest BCUT2D eigenvalue weighted by atomic mass is 35.5. The van der Waals surface area contributed by atoms with Crippen LogP contribution in [0, 0.1) is 11.9 Å². The molecule has 0 aliphatic rings. The molecule has 0 saturated carbocycles. The minimum atomic E-state index is -0.385. The van der Waals surface area contributed by atoms with Gasteiger partial charge in [0.25, 0.3) is 0 Å². The highest BCUT2D eigenvalue weighted by molar-refractivity contribution is 6.33. The lowest BCUT2D eigenvalue weighted by atomic mass is 10.1. The van der Waals surface area contributed by atoms with Crippen molar-refractivity contribution >= 4 is 23.2 Å². The zero-order valence-electron chi connectivity index (χ0n) is 7.60. The van der Waals surface area contributed by atoms with Crippen molar-refractivity contribution in [2.24, 2.45) is 0 Å². The normalized spacial score (nSPS) is 10.3. The molecule has 0 heterocycles. The van der Waals surface area contributed by atoms with Crippen molar-refractivity contribution in [2.75, 3.05) is 0 Å². The van der Waals surface area contributed by atoms with E-state index in [0.717, 1.165) is 0 Å². The summed E-state index contributed by atoms with van der Waals surface area (Å²) in [6.45, 7) is 0. The van der Waals surface area contributed by atoms with Crippen molar-refractivity contribution < 1.29 is 4.39 Å². The van der Waals surface area contributed by atoms with Gasteiger partial charge >= 0.3 is 0 Å². The number of halogens is 3. The van der Waals surface area contributed by atoms with Crippen LogP contribution in [-0.4, -0.2) is 0 Å². The molecule has 1 radical (unpaired) electrons. The van der Waals surface area contributed by atoms with Crippen LogP contribution in [0.1, 0.15) is 0 Å². The molecule has 0 amide bonds. The van der Waals surface area contributed by atoms with Crippen LogP contribution >= 0.6 is 23.2 Å². The summed E-state index contributed by atoms with van der Waals surface area (Å²) in [5, 5.41) is 0.769. The fourth-order valence-electron chi connectivity index (χ4n) is 1.33. The second kappa shape index (κ2) is 4.21. The van der Waals surface area contributed by atoms with Gasteiger partial charge in [0.2, 0.25) is 0 Å². The SMILES string of the molecule is Fc1cc(Cl)ccc1-c1ccc[c]c1Cl. The zero-order valence-corrected chi connectivity index (χ0v) is 9.11. The van der Waals surface area contributed by atoms with Crippen LogP contribution in [0.2, 0.25) is 10.0 Å².